The molecule has 0 bridgehead atoms. The highest BCUT2D eigenvalue weighted by Gasteiger charge is 2.36. The van der Waals surface area contributed by atoms with Crippen LogP contribution in [0.15, 0.2) is 6.07 Å². The van der Waals surface area contributed by atoms with Gasteiger partial charge in [-0.3, -0.25) is 4.68 Å². The number of halogens is 2. The fourth-order valence-electron chi connectivity index (χ4n) is 3.73. The number of carbonyl (C=O) groups excluding carboxylic acids is 1. The third-order valence-electron chi connectivity index (χ3n) is 5.25. The van der Waals surface area contributed by atoms with Gasteiger partial charge < -0.3 is 9.64 Å². The number of ether oxygens (including phenoxy) is 1. The first-order valence-electron chi connectivity index (χ1n) is 11.8. The van der Waals surface area contributed by atoms with E-state index in [2.05, 4.69) is 18.9 Å². The van der Waals surface area contributed by atoms with Crippen LogP contribution in [0.3, 0.4) is 0 Å². The summed E-state index contributed by atoms with van der Waals surface area (Å²) in [7, 11) is 0. The van der Waals surface area contributed by atoms with Crippen LogP contribution in [0.4, 0.5) is 13.6 Å². The summed E-state index contributed by atoms with van der Waals surface area (Å²) < 4.78 is 33.2. The molecule has 1 aromatic rings. The average Bonchev–Trinajstić information content (AvgIpc) is 2.98. The van der Waals surface area contributed by atoms with E-state index < -0.39 is 11.5 Å². The largest absolute Gasteiger partial charge is 0.444 e. The van der Waals surface area contributed by atoms with Gasteiger partial charge in [0.15, 0.2) is 0 Å². The van der Waals surface area contributed by atoms with Crippen molar-refractivity contribution in [1.29, 1.82) is 0 Å². The number of amides is 1. The molecule has 0 unspecified atom stereocenters. The number of carbonyl (C=O) groups is 1. The topological polar surface area (TPSA) is 47.4 Å². The van der Waals surface area contributed by atoms with Crippen molar-refractivity contribution in [3.63, 3.8) is 0 Å². The van der Waals surface area contributed by atoms with Crippen molar-refractivity contribution < 1.29 is 18.3 Å². The molecule has 2 rings (SSSR count). The van der Waals surface area contributed by atoms with Crippen LogP contribution < -0.4 is 0 Å². The molecule has 31 heavy (non-hydrogen) atoms. The van der Waals surface area contributed by atoms with Gasteiger partial charge in [-0.15, -0.1) is 0 Å². The molecule has 1 aromatic heterocycles. The first-order chi connectivity index (χ1) is 14.4. The van der Waals surface area contributed by atoms with E-state index in [0.29, 0.717) is 12.8 Å². The highest BCUT2D eigenvalue weighted by Crippen LogP contribution is 2.38. The Hall–Kier alpha value is -1.66. The lowest BCUT2D eigenvalue weighted by atomic mass is 9.92. The lowest BCUT2D eigenvalue weighted by molar-refractivity contribution is -0.0451. The summed E-state index contributed by atoms with van der Waals surface area (Å²) in [6.07, 6.45) is 5.28. The molecule has 0 radical (unpaired) electrons. The minimum atomic E-state index is -2.45. The molecular formula is C24H43F2N3O2. The van der Waals surface area contributed by atoms with Crippen LogP contribution in [0, 0.1) is 13.8 Å². The first kappa shape index (κ1) is 27.4. The standard InChI is InChI=1S/C13H27NO2.C11H16F2N2/c1-6-8-9-11-14(10-7-2)12(15)16-13(3,4)5;1-8-7-9(2)15(14-8)10-3-5-11(12,13)6-4-10/h6-11H2,1-5H3;7,10H,3-6H2,1-2H3. The molecule has 0 aromatic carbocycles. The second-order valence-electron chi connectivity index (χ2n) is 9.63. The molecule has 1 aliphatic carbocycles. The number of hydrogen-bond acceptors (Lipinski definition) is 3. The predicted molar refractivity (Wildman–Crippen MR) is 122 cm³/mol. The maximum Gasteiger partial charge on any atom is 0.410 e. The summed E-state index contributed by atoms with van der Waals surface area (Å²) in [5.74, 6) is -2.45. The molecule has 0 spiro atoms. The van der Waals surface area contributed by atoms with E-state index in [4.69, 9.17) is 4.74 Å². The van der Waals surface area contributed by atoms with Crippen LogP contribution >= 0.6 is 0 Å². The minimum Gasteiger partial charge on any atom is -0.444 e. The monoisotopic (exact) mass is 443 g/mol. The van der Waals surface area contributed by atoms with Crippen LogP contribution in [-0.4, -0.2) is 45.4 Å². The Morgan fingerprint density at radius 3 is 2.23 bits per heavy atom. The van der Waals surface area contributed by atoms with Gasteiger partial charge in [0, 0.05) is 31.6 Å². The van der Waals surface area contributed by atoms with Crippen LogP contribution in [0.2, 0.25) is 0 Å². The van der Waals surface area contributed by atoms with E-state index in [9.17, 15) is 13.6 Å². The Morgan fingerprint density at radius 1 is 1.16 bits per heavy atom. The van der Waals surface area contributed by atoms with Crippen LogP contribution in [-0.2, 0) is 4.74 Å². The Balaban J connectivity index is 0.000000310. The van der Waals surface area contributed by atoms with Gasteiger partial charge in [0.1, 0.15) is 5.60 Å². The first-order valence-corrected chi connectivity index (χ1v) is 11.8. The van der Waals surface area contributed by atoms with Gasteiger partial charge in [-0.25, -0.2) is 13.6 Å². The summed E-state index contributed by atoms with van der Waals surface area (Å²) >= 11 is 0. The second-order valence-corrected chi connectivity index (χ2v) is 9.63. The highest BCUT2D eigenvalue weighted by molar-refractivity contribution is 5.68. The average molecular weight is 444 g/mol. The molecule has 180 valence electrons. The third-order valence-corrected chi connectivity index (χ3v) is 5.25. The molecule has 1 amide bonds. The second kappa shape index (κ2) is 12.4. The van der Waals surface area contributed by atoms with Gasteiger partial charge in [-0.1, -0.05) is 26.7 Å². The molecule has 1 fully saturated rings. The van der Waals surface area contributed by atoms with Crippen molar-refractivity contribution in [3.05, 3.63) is 17.5 Å². The molecule has 0 saturated heterocycles. The summed E-state index contributed by atoms with van der Waals surface area (Å²) in [5.41, 5.74) is 1.64. The smallest absolute Gasteiger partial charge is 0.410 e. The normalized spacial score (nSPS) is 16.4. The number of alkyl halides is 2. The Labute approximate surface area is 187 Å². The maximum absolute atomic E-state index is 13.0. The van der Waals surface area contributed by atoms with Gasteiger partial charge in [0.2, 0.25) is 5.92 Å². The van der Waals surface area contributed by atoms with Crippen molar-refractivity contribution in [1.82, 2.24) is 14.7 Å². The van der Waals surface area contributed by atoms with Crippen LogP contribution in [0.25, 0.3) is 0 Å². The van der Waals surface area contributed by atoms with Crippen LogP contribution in [0.5, 0.6) is 0 Å². The zero-order valence-corrected chi connectivity index (χ0v) is 20.6. The van der Waals surface area contributed by atoms with Gasteiger partial charge >= 0.3 is 6.09 Å². The Kier molecular flexibility index (Phi) is 10.9. The SMILES string of the molecule is CCCCCN(CCC)C(=O)OC(C)(C)C.Cc1cc(C)n(C2CCC(F)(F)CC2)n1. The van der Waals surface area contributed by atoms with Crippen molar-refractivity contribution in [2.45, 2.75) is 117 Å². The van der Waals surface area contributed by atoms with E-state index in [1.807, 2.05) is 50.3 Å². The zero-order valence-electron chi connectivity index (χ0n) is 20.6. The molecule has 0 N–H and O–H groups in total. The third kappa shape index (κ3) is 10.5. The van der Waals surface area contributed by atoms with Crippen molar-refractivity contribution in [2.24, 2.45) is 0 Å². The van der Waals surface area contributed by atoms with Gasteiger partial charge in [-0.05, 0) is 66.4 Å². The van der Waals surface area contributed by atoms with E-state index in [1.165, 1.54) is 12.8 Å². The molecule has 1 aliphatic rings. The van der Waals surface area contributed by atoms with Gasteiger partial charge in [0.25, 0.3) is 0 Å². The fraction of sp³-hybridized carbons (Fsp3) is 0.833. The number of aryl methyl sites for hydroxylation is 2. The van der Waals surface area contributed by atoms with Crippen LogP contribution in [0.1, 0.15) is 103 Å². The summed E-state index contributed by atoms with van der Waals surface area (Å²) in [4.78, 5) is 13.7. The van der Waals surface area contributed by atoms with Gasteiger partial charge in [0.05, 0.1) is 11.7 Å². The highest BCUT2D eigenvalue weighted by atomic mass is 19.3. The Morgan fingerprint density at radius 2 is 1.77 bits per heavy atom. The lowest BCUT2D eigenvalue weighted by Crippen LogP contribution is -2.37. The van der Waals surface area contributed by atoms with E-state index in [0.717, 1.165) is 37.3 Å². The minimum absolute atomic E-state index is 0.00395. The molecule has 0 atom stereocenters. The lowest BCUT2D eigenvalue weighted by Gasteiger charge is -2.29. The molecule has 1 heterocycles. The zero-order chi connectivity index (χ0) is 23.7. The predicted octanol–water partition coefficient (Wildman–Crippen LogP) is 7.07. The summed E-state index contributed by atoms with van der Waals surface area (Å²) in [6.45, 7) is 15.5. The number of hydrogen-bond donors (Lipinski definition) is 0. The van der Waals surface area contributed by atoms with Crippen molar-refractivity contribution >= 4 is 6.09 Å². The number of aromatic nitrogens is 2. The Bertz CT molecular complexity index is 658. The molecule has 5 nitrogen and oxygen atoms in total. The molecule has 1 saturated carbocycles. The van der Waals surface area contributed by atoms with Crippen molar-refractivity contribution in [2.75, 3.05) is 13.1 Å². The molecular weight excluding hydrogens is 400 g/mol. The van der Waals surface area contributed by atoms with E-state index >= 15 is 0 Å². The fourth-order valence-corrected chi connectivity index (χ4v) is 3.73. The number of rotatable bonds is 7. The maximum atomic E-state index is 13.0. The number of unbranched alkanes of at least 4 members (excludes halogenated alkanes) is 2. The summed E-state index contributed by atoms with van der Waals surface area (Å²) in [5, 5.41) is 4.35. The quantitative estimate of drug-likeness (QED) is 0.423. The number of nitrogens with zero attached hydrogens (tertiary/aromatic N) is 3. The summed E-state index contributed by atoms with van der Waals surface area (Å²) in [6, 6.07) is 2.16. The van der Waals surface area contributed by atoms with E-state index in [-0.39, 0.29) is 25.0 Å². The van der Waals surface area contributed by atoms with Gasteiger partial charge in [-0.2, -0.15) is 5.10 Å². The van der Waals surface area contributed by atoms with E-state index in [1.54, 1.807) is 0 Å². The molecule has 7 heteroatoms. The van der Waals surface area contributed by atoms with Crippen molar-refractivity contribution in [3.8, 4) is 0 Å². The molecule has 0 aliphatic heterocycles.